The molecular formula is C29H39N3O3. The van der Waals surface area contributed by atoms with E-state index in [0.29, 0.717) is 30.9 Å². The molecule has 1 fully saturated rings. The van der Waals surface area contributed by atoms with E-state index in [4.69, 9.17) is 4.74 Å². The minimum absolute atomic E-state index is 0.0564. The lowest BCUT2D eigenvalue weighted by Gasteiger charge is -2.30. The van der Waals surface area contributed by atoms with E-state index >= 15 is 0 Å². The van der Waals surface area contributed by atoms with Crippen LogP contribution in [0.1, 0.15) is 68.4 Å². The highest BCUT2D eigenvalue weighted by molar-refractivity contribution is 5.95. The quantitative estimate of drug-likeness (QED) is 0.512. The number of ether oxygens (including phenoxy) is 1. The van der Waals surface area contributed by atoms with Gasteiger partial charge in [-0.05, 0) is 87.5 Å². The molecule has 6 nitrogen and oxygen atoms in total. The summed E-state index contributed by atoms with van der Waals surface area (Å²) in [5, 5.41) is 2.68. The highest BCUT2D eigenvalue weighted by Gasteiger charge is 2.20. The average Bonchev–Trinajstić information content (AvgIpc) is 2.87. The van der Waals surface area contributed by atoms with Crippen molar-refractivity contribution in [3.63, 3.8) is 0 Å². The van der Waals surface area contributed by atoms with Crippen LogP contribution in [-0.4, -0.2) is 61.1 Å². The average molecular weight is 478 g/mol. The maximum atomic E-state index is 12.8. The van der Waals surface area contributed by atoms with Crippen molar-refractivity contribution >= 4 is 17.6 Å². The molecule has 188 valence electrons. The van der Waals surface area contributed by atoms with E-state index in [2.05, 4.69) is 35.3 Å². The van der Waals surface area contributed by atoms with Crippen molar-refractivity contribution in [3.8, 4) is 5.75 Å². The van der Waals surface area contributed by atoms with Gasteiger partial charge in [0.25, 0.3) is 5.91 Å². The van der Waals surface area contributed by atoms with Crippen molar-refractivity contribution in [1.82, 2.24) is 15.1 Å². The van der Waals surface area contributed by atoms with Crippen molar-refractivity contribution < 1.29 is 14.3 Å². The van der Waals surface area contributed by atoms with Crippen molar-refractivity contribution in [1.29, 1.82) is 0 Å². The van der Waals surface area contributed by atoms with Crippen molar-refractivity contribution in [3.05, 3.63) is 70.8 Å². The zero-order valence-corrected chi connectivity index (χ0v) is 21.6. The predicted octanol–water partition coefficient (Wildman–Crippen LogP) is 5.58. The lowest BCUT2D eigenvalue weighted by Crippen LogP contribution is -2.31. The van der Waals surface area contributed by atoms with Crippen LogP contribution in [0.2, 0.25) is 0 Å². The van der Waals surface area contributed by atoms with Crippen LogP contribution in [0.5, 0.6) is 5.75 Å². The molecule has 2 aromatic carbocycles. The molecule has 0 unspecified atom stereocenters. The Labute approximate surface area is 210 Å². The molecule has 0 spiro atoms. The Balaban J connectivity index is 1.97. The molecule has 0 aliphatic carbocycles. The third-order valence-corrected chi connectivity index (χ3v) is 6.48. The van der Waals surface area contributed by atoms with E-state index in [1.54, 1.807) is 6.07 Å². The molecule has 2 aromatic rings. The number of piperidine rings is 1. The molecule has 1 heterocycles. The number of carbonyl (C=O) groups is 2. The maximum absolute atomic E-state index is 12.8. The molecule has 0 saturated carbocycles. The predicted molar refractivity (Wildman–Crippen MR) is 142 cm³/mol. The SMILES string of the molecule is CCCN1CCC(=C(c2ccc(C(=O)N(CC)CC)cc2)c2cccc(OC(=O)NCC)c2)CC1. The molecule has 35 heavy (non-hydrogen) atoms. The maximum Gasteiger partial charge on any atom is 0.412 e. The van der Waals surface area contributed by atoms with E-state index < -0.39 is 6.09 Å². The van der Waals surface area contributed by atoms with Gasteiger partial charge in [0.2, 0.25) is 0 Å². The molecule has 0 radical (unpaired) electrons. The highest BCUT2D eigenvalue weighted by atomic mass is 16.6. The van der Waals surface area contributed by atoms with Crippen LogP contribution in [0.15, 0.2) is 54.1 Å². The highest BCUT2D eigenvalue weighted by Crippen LogP contribution is 2.34. The first-order chi connectivity index (χ1) is 17.0. The molecule has 0 bridgehead atoms. The van der Waals surface area contributed by atoms with Gasteiger partial charge in [-0.3, -0.25) is 4.79 Å². The Kier molecular flexibility index (Phi) is 9.91. The number of likely N-dealkylation sites (tertiary alicyclic amines) is 1. The number of hydrogen-bond donors (Lipinski definition) is 1. The van der Waals surface area contributed by atoms with Gasteiger partial charge >= 0.3 is 6.09 Å². The van der Waals surface area contributed by atoms with Gasteiger partial charge in [0, 0.05) is 38.3 Å². The van der Waals surface area contributed by atoms with Crippen LogP contribution in [0.25, 0.3) is 5.57 Å². The normalized spacial score (nSPS) is 13.9. The third kappa shape index (κ3) is 6.95. The van der Waals surface area contributed by atoms with Crippen molar-refractivity contribution in [2.75, 3.05) is 39.3 Å². The van der Waals surface area contributed by atoms with Crippen molar-refractivity contribution in [2.45, 2.75) is 47.0 Å². The first-order valence-electron chi connectivity index (χ1n) is 12.9. The van der Waals surface area contributed by atoms with Gasteiger partial charge in [0.15, 0.2) is 0 Å². The smallest absolute Gasteiger partial charge is 0.410 e. The Morgan fingerprint density at radius 1 is 0.914 bits per heavy atom. The van der Waals surface area contributed by atoms with Crippen LogP contribution in [0, 0.1) is 0 Å². The molecule has 0 aromatic heterocycles. The van der Waals surface area contributed by atoms with Crippen LogP contribution >= 0.6 is 0 Å². The van der Waals surface area contributed by atoms with E-state index in [-0.39, 0.29) is 5.91 Å². The molecule has 1 aliphatic rings. The molecule has 1 saturated heterocycles. The summed E-state index contributed by atoms with van der Waals surface area (Å²) in [6.45, 7) is 13.2. The summed E-state index contributed by atoms with van der Waals surface area (Å²) in [6.07, 6.45) is 2.70. The van der Waals surface area contributed by atoms with Crippen LogP contribution < -0.4 is 10.1 Å². The number of carbonyl (C=O) groups excluding carboxylic acids is 2. The summed E-state index contributed by atoms with van der Waals surface area (Å²) in [6, 6.07) is 15.7. The first-order valence-corrected chi connectivity index (χ1v) is 12.9. The van der Waals surface area contributed by atoms with Gasteiger partial charge in [-0.25, -0.2) is 4.79 Å². The summed E-state index contributed by atoms with van der Waals surface area (Å²) in [4.78, 5) is 29.1. The Hall–Kier alpha value is -3.12. The second-order valence-corrected chi connectivity index (χ2v) is 8.82. The fourth-order valence-corrected chi connectivity index (χ4v) is 4.66. The van der Waals surface area contributed by atoms with Crippen molar-refractivity contribution in [2.24, 2.45) is 0 Å². The largest absolute Gasteiger partial charge is 0.412 e. The van der Waals surface area contributed by atoms with E-state index in [0.717, 1.165) is 50.0 Å². The van der Waals surface area contributed by atoms with Crippen LogP contribution in [-0.2, 0) is 0 Å². The monoisotopic (exact) mass is 477 g/mol. The number of rotatable bonds is 9. The topological polar surface area (TPSA) is 61.9 Å². The third-order valence-electron chi connectivity index (χ3n) is 6.48. The summed E-state index contributed by atoms with van der Waals surface area (Å²) < 4.78 is 5.49. The number of nitrogens with one attached hydrogen (secondary N) is 1. The van der Waals surface area contributed by atoms with Crippen LogP contribution in [0.3, 0.4) is 0 Å². The second-order valence-electron chi connectivity index (χ2n) is 8.82. The molecule has 3 rings (SSSR count). The second kappa shape index (κ2) is 13.1. The lowest BCUT2D eigenvalue weighted by molar-refractivity contribution is 0.0773. The number of hydrogen-bond acceptors (Lipinski definition) is 4. The first kappa shape index (κ1) is 26.5. The number of amides is 2. The van der Waals surface area contributed by atoms with E-state index in [1.807, 2.05) is 49.9 Å². The molecular weight excluding hydrogens is 438 g/mol. The Morgan fingerprint density at radius 2 is 1.57 bits per heavy atom. The van der Waals surface area contributed by atoms with Gasteiger partial charge in [-0.2, -0.15) is 0 Å². The summed E-state index contributed by atoms with van der Waals surface area (Å²) in [5.41, 5.74) is 5.37. The molecule has 0 atom stereocenters. The van der Waals surface area contributed by atoms with E-state index in [1.165, 1.54) is 11.1 Å². The molecule has 6 heteroatoms. The zero-order chi connectivity index (χ0) is 25.2. The molecule has 1 aliphatic heterocycles. The minimum atomic E-state index is -0.453. The Morgan fingerprint density at radius 3 is 2.17 bits per heavy atom. The summed E-state index contributed by atoms with van der Waals surface area (Å²) in [5.74, 6) is 0.573. The molecule has 2 amide bonds. The minimum Gasteiger partial charge on any atom is -0.410 e. The van der Waals surface area contributed by atoms with Gasteiger partial charge in [-0.1, -0.05) is 36.8 Å². The summed E-state index contributed by atoms with van der Waals surface area (Å²) >= 11 is 0. The van der Waals surface area contributed by atoms with Gasteiger partial charge < -0.3 is 19.9 Å². The fourth-order valence-electron chi connectivity index (χ4n) is 4.66. The fraction of sp³-hybridized carbons (Fsp3) is 0.448. The zero-order valence-electron chi connectivity index (χ0n) is 21.6. The van der Waals surface area contributed by atoms with Gasteiger partial charge in [-0.15, -0.1) is 0 Å². The lowest BCUT2D eigenvalue weighted by atomic mass is 9.88. The summed E-state index contributed by atoms with van der Waals surface area (Å²) in [7, 11) is 0. The van der Waals surface area contributed by atoms with Crippen LogP contribution in [0.4, 0.5) is 4.79 Å². The van der Waals surface area contributed by atoms with Gasteiger partial charge in [0.05, 0.1) is 0 Å². The van der Waals surface area contributed by atoms with E-state index in [9.17, 15) is 9.59 Å². The van der Waals surface area contributed by atoms with Gasteiger partial charge in [0.1, 0.15) is 5.75 Å². The standard InChI is InChI=1S/C29H39N3O3/c1-5-18-31-19-16-23(17-20-31)27(25-10-9-11-26(21-25)35-29(34)30-6-2)22-12-14-24(15-13-22)28(33)32(7-3)8-4/h9-15,21H,5-8,16-20H2,1-4H3,(H,30,34). The molecule has 1 N–H and O–H groups in total. The Bertz CT molecular complexity index is 1020. The number of benzene rings is 2. The number of nitrogens with zero attached hydrogens (tertiary/aromatic N) is 2.